The van der Waals surface area contributed by atoms with E-state index >= 15 is 0 Å². The van der Waals surface area contributed by atoms with Gasteiger partial charge in [0.1, 0.15) is 16.8 Å². The number of nitrogens with one attached hydrogen (secondary N) is 3. The molecule has 0 bridgehead atoms. The van der Waals surface area contributed by atoms with Crippen molar-refractivity contribution in [3.05, 3.63) is 100 Å². The summed E-state index contributed by atoms with van der Waals surface area (Å²) >= 11 is 8.54. The van der Waals surface area contributed by atoms with Crippen molar-refractivity contribution in [2.45, 2.75) is 43.0 Å². The van der Waals surface area contributed by atoms with Gasteiger partial charge in [-0.05, 0) is 66.5 Å². The molecule has 1 aliphatic heterocycles. The minimum atomic E-state index is -0.325. The van der Waals surface area contributed by atoms with Crippen LogP contribution in [0.1, 0.15) is 34.9 Å². The number of rotatable bonds is 10. The molecule has 5 rings (SSSR count). The van der Waals surface area contributed by atoms with E-state index in [2.05, 4.69) is 51.2 Å². The van der Waals surface area contributed by atoms with Crippen molar-refractivity contribution in [3.8, 4) is 11.8 Å². The lowest BCUT2D eigenvalue weighted by atomic mass is 10.0. The molecule has 1 aromatic heterocycles. The monoisotopic (exact) mass is 627 g/mol. The van der Waals surface area contributed by atoms with E-state index in [-0.39, 0.29) is 11.2 Å². The number of methoxy groups -OCH3 is 1. The van der Waals surface area contributed by atoms with Gasteiger partial charge in [0.05, 0.1) is 23.6 Å². The van der Waals surface area contributed by atoms with E-state index in [0.717, 1.165) is 52.8 Å². The van der Waals surface area contributed by atoms with Gasteiger partial charge in [0.25, 0.3) is 0 Å². The molecule has 220 valence electrons. The van der Waals surface area contributed by atoms with E-state index in [1.807, 2.05) is 61.5 Å². The zero-order chi connectivity index (χ0) is 30.2. The van der Waals surface area contributed by atoms with Crippen LogP contribution in [0.4, 0.5) is 16.4 Å². The summed E-state index contributed by atoms with van der Waals surface area (Å²) in [5.74, 6) is 0.596. The van der Waals surface area contributed by atoms with Gasteiger partial charge in [-0.25, -0.2) is 0 Å². The Bertz CT molecular complexity index is 1630. The van der Waals surface area contributed by atoms with Gasteiger partial charge >= 0.3 is 0 Å². The largest absolute Gasteiger partial charge is 0.495 e. The van der Waals surface area contributed by atoms with E-state index in [4.69, 9.17) is 17.0 Å². The SMILES string of the molecule is CCC(Sc1cccc(NC(=S)Nc2ccccc2OC)c1)C(=O)Nc1sc2c(c1C#N)CCN(Cc1ccccc1)C2. The van der Waals surface area contributed by atoms with E-state index in [9.17, 15) is 10.1 Å². The molecule has 4 aromatic rings. The van der Waals surface area contributed by atoms with Gasteiger partial charge in [-0.3, -0.25) is 9.69 Å². The van der Waals surface area contributed by atoms with Crippen molar-refractivity contribution in [2.75, 3.05) is 29.6 Å². The molecule has 3 N–H and O–H groups in total. The third-order valence-electron chi connectivity index (χ3n) is 7.12. The zero-order valence-electron chi connectivity index (χ0n) is 24.1. The third-order valence-corrected chi connectivity index (χ3v) is 9.82. The normalized spacial score (nSPS) is 13.3. The fraction of sp³-hybridized carbons (Fsp3) is 0.242. The van der Waals surface area contributed by atoms with Gasteiger partial charge in [-0.15, -0.1) is 23.1 Å². The molecule has 0 radical (unpaired) electrons. The number of thiophene rings is 1. The number of nitriles is 1. The van der Waals surface area contributed by atoms with E-state index < -0.39 is 0 Å². The number of carbonyl (C=O) groups excluding carboxylic acids is 1. The van der Waals surface area contributed by atoms with Crippen LogP contribution in [0, 0.1) is 11.3 Å². The van der Waals surface area contributed by atoms with Gasteiger partial charge < -0.3 is 20.7 Å². The highest BCUT2D eigenvalue weighted by Gasteiger charge is 2.27. The van der Waals surface area contributed by atoms with Crippen LogP contribution in [-0.4, -0.2) is 34.8 Å². The van der Waals surface area contributed by atoms with Crippen molar-refractivity contribution in [1.29, 1.82) is 5.26 Å². The first-order chi connectivity index (χ1) is 21.0. The van der Waals surface area contributed by atoms with Crippen LogP contribution in [-0.2, 0) is 24.3 Å². The summed E-state index contributed by atoms with van der Waals surface area (Å²) in [6, 6.07) is 28.2. The Kier molecular flexibility index (Phi) is 10.3. The van der Waals surface area contributed by atoms with Crippen molar-refractivity contribution < 1.29 is 9.53 Å². The number of thioether (sulfide) groups is 1. The lowest BCUT2D eigenvalue weighted by molar-refractivity contribution is -0.115. The van der Waals surface area contributed by atoms with Crippen LogP contribution in [0.3, 0.4) is 0 Å². The number of para-hydroxylation sites is 2. The number of hydrogen-bond donors (Lipinski definition) is 3. The Morgan fingerprint density at radius 2 is 1.88 bits per heavy atom. The summed E-state index contributed by atoms with van der Waals surface area (Å²) in [7, 11) is 1.62. The van der Waals surface area contributed by atoms with Crippen molar-refractivity contribution in [1.82, 2.24) is 4.90 Å². The predicted octanol–water partition coefficient (Wildman–Crippen LogP) is 7.50. The first-order valence-corrected chi connectivity index (χ1v) is 16.2. The summed E-state index contributed by atoms with van der Waals surface area (Å²) < 4.78 is 5.39. The van der Waals surface area contributed by atoms with Crippen LogP contribution in [0.25, 0.3) is 0 Å². The van der Waals surface area contributed by atoms with Crippen molar-refractivity contribution in [3.63, 3.8) is 0 Å². The maximum Gasteiger partial charge on any atom is 0.238 e. The molecule has 0 saturated carbocycles. The number of carbonyl (C=O) groups is 1. The maximum absolute atomic E-state index is 13.5. The molecule has 10 heteroatoms. The Balaban J connectivity index is 1.22. The molecule has 7 nitrogen and oxygen atoms in total. The predicted molar refractivity (Wildman–Crippen MR) is 181 cm³/mol. The topological polar surface area (TPSA) is 89.4 Å². The second-order valence-electron chi connectivity index (χ2n) is 10.1. The Hall–Kier alpha value is -3.88. The number of nitrogens with zero attached hydrogens (tertiary/aromatic N) is 2. The van der Waals surface area contributed by atoms with Crippen LogP contribution in [0.2, 0.25) is 0 Å². The molecular formula is C33H33N5O2S3. The number of amides is 1. The smallest absolute Gasteiger partial charge is 0.238 e. The molecule has 0 spiro atoms. The maximum atomic E-state index is 13.5. The number of fused-ring (bicyclic) bond motifs is 1. The minimum absolute atomic E-state index is 0.101. The molecule has 1 atom stereocenters. The molecular weight excluding hydrogens is 595 g/mol. The van der Waals surface area contributed by atoms with Crippen LogP contribution >= 0.6 is 35.3 Å². The Morgan fingerprint density at radius 3 is 2.65 bits per heavy atom. The molecule has 0 saturated heterocycles. The van der Waals surface area contributed by atoms with E-state index in [1.54, 1.807) is 7.11 Å². The van der Waals surface area contributed by atoms with Crippen LogP contribution in [0.5, 0.6) is 5.75 Å². The molecule has 43 heavy (non-hydrogen) atoms. The van der Waals surface area contributed by atoms with Gasteiger partial charge in [0.15, 0.2) is 5.11 Å². The Morgan fingerprint density at radius 1 is 1.09 bits per heavy atom. The van der Waals surface area contributed by atoms with Crippen LogP contribution in [0.15, 0.2) is 83.8 Å². The molecule has 1 unspecified atom stereocenters. The number of anilines is 3. The molecule has 0 fully saturated rings. The average molecular weight is 628 g/mol. The van der Waals surface area contributed by atoms with Gasteiger partial charge in [-0.2, -0.15) is 5.26 Å². The summed E-state index contributed by atoms with van der Waals surface area (Å²) in [6.07, 6.45) is 1.44. The highest BCUT2D eigenvalue weighted by Crippen LogP contribution is 2.38. The highest BCUT2D eigenvalue weighted by molar-refractivity contribution is 8.00. The fourth-order valence-electron chi connectivity index (χ4n) is 5.00. The number of thiocarbonyl (C=S) groups is 1. The van der Waals surface area contributed by atoms with E-state index in [0.29, 0.717) is 27.8 Å². The highest BCUT2D eigenvalue weighted by atomic mass is 32.2. The summed E-state index contributed by atoms with van der Waals surface area (Å²) in [6.45, 7) is 4.53. The third kappa shape index (κ3) is 7.75. The molecule has 1 amide bonds. The second kappa shape index (κ2) is 14.5. The van der Waals surface area contributed by atoms with Crippen LogP contribution < -0.4 is 20.7 Å². The lowest BCUT2D eigenvalue weighted by Crippen LogP contribution is -2.29. The number of ether oxygens (including phenoxy) is 1. The van der Waals surface area contributed by atoms with Gasteiger partial charge in [0.2, 0.25) is 5.91 Å². The molecule has 1 aliphatic rings. The standard InChI is InChI=1S/C33H33N5O2S3/c1-3-29(42-24-13-9-12-23(18-24)35-33(41)36-27-14-7-8-15-28(27)40-2)31(39)37-32-26(19-34)25-16-17-38(21-30(25)43-32)20-22-10-5-4-6-11-22/h4-15,18,29H,3,16-17,20-21H2,1-2H3,(H,37,39)(H2,35,36,41). The summed E-state index contributed by atoms with van der Waals surface area (Å²) in [4.78, 5) is 17.9. The summed E-state index contributed by atoms with van der Waals surface area (Å²) in [5, 5.41) is 20.2. The zero-order valence-corrected chi connectivity index (χ0v) is 26.5. The molecule has 0 aliphatic carbocycles. The lowest BCUT2D eigenvalue weighted by Gasteiger charge is -2.26. The van der Waals surface area contributed by atoms with Gasteiger partial charge in [0, 0.05) is 35.1 Å². The van der Waals surface area contributed by atoms with Crippen molar-refractivity contribution in [2.24, 2.45) is 0 Å². The minimum Gasteiger partial charge on any atom is -0.495 e. The molecule has 2 heterocycles. The first kappa shape index (κ1) is 30.6. The number of hydrogen-bond acceptors (Lipinski definition) is 7. The number of benzene rings is 3. The van der Waals surface area contributed by atoms with Gasteiger partial charge in [-0.1, -0.05) is 55.5 Å². The molecule has 3 aromatic carbocycles. The second-order valence-corrected chi connectivity index (χ2v) is 12.9. The summed E-state index contributed by atoms with van der Waals surface area (Å²) in [5.41, 5.74) is 4.53. The first-order valence-electron chi connectivity index (χ1n) is 14.1. The average Bonchev–Trinajstić information content (AvgIpc) is 3.36. The fourth-order valence-corrected chi connectivity index (χ4v) is 7.48. The Labute approximate surface area is 266 Å². The van der Waals surface area contributed by atoms with E-state index in [1.165, 1.54) is 28.7 Å². The van der Waals surface area contributed by atoms with Crippen molar-refractivity contribution >= 4 is 62.7 Å². The quantitative estimate of drug-likeness (QED) is 0.123.